The highest BCUT2D eigenvalue weighted by molar-refractivity contribution is 6.06. The van der Waals surface area contributed by atoms with Crippen molar-refractivity contribution in [2.75, 3.05) is 25.5 Å². The molecule has 0 unspecified atom stereocenters. The van der Waals surface area contributed by atoms with E-state index >= 15 is 0 Å². The average molecular weight is 400 g/mol. The van der Waals surface area contributed by atoms with Gasteiger partial charge in [0, 0.05) is 25.2 Å². The smallest absolute Gasteiger partial charge is 0.319 e. The van der Waals surface area contributed by atoms with Gasteiger partial charge in [-0.1, -0.05) is 12.2 Å². The molecule has 1 saturated carbocycles. The van der Waals surface area contributed by atoms with E-state index in [9.17, 15) is 24.5 Å². The molecule has 29 heavy (non-hydrogen) atoms. The van der Waals surface area contributed by atoms with Crippen LogP contribution in [-0.4, -0.2) is 47.9 Å². The van der Waals surface area contributed by atoms with E-state index in [1.54, 1.807) is 0 Å². The van der Waals surface area contributed by atoms with Crippen LogP contribution in [0.5, 0.6) is 5.75 Å². The molecule has 152 valence electrons. The van der Waals surface area contributed by atoms with Crippen molar-refractivity contribution in [1.82, 2.24) is 10.2 Å². The number of nitrogens with one attached hydrogen (secondary N) is 2. The number of likely N-dealkylation sites (tertiary alicyclic amines) is 1. The number of nitro groups is 1. The lowest BCUT2D eigenvalue weighted by Gasteiger charge is -2.17. The van der Waals surface area contributed by atoms with Crippen LogP contribution in [0.1, 0.15) is 6.42 Å². The van der Waals surface area contributed by atoms with Gasteiger partial charge in [0.1, 0.15) is 11.4 Å². The van der Waals surface area contributed by atoms with E-state index in [1.807, 2.05) is 12.2 Å². The number of amides is 4. The van der Waals surface area contributed by atoms with Gasteiger partial charge in [-0.15, -0.1) is 0 Å². The van der Waals surface area contributed by atoms with Crippen molar-refractivity contribution < 1.29 is 24.0 Å². The zero-order chi connectivity index (χ0) is 20.7. The maximum Gasteiger partial charge on any atom is 0.319 e. The number of hydrogen-bond acceptors (Lipinski definition) is 6. The van der Waals surface area contributed by atoms with E-state index < -0.39 is 11.0 Å². The summed E-state index contributed by atoms with van der Waals surface area (Å²) in [5.41, 5.74) is -0.293. The molecule has 4 rings (SSSR count). The summed E-state index contributed by atoms with van der Waals surface area (Å²) in [6, 6.07) is 3.32. The summed E-state index contributed by atoms with van der Waals surface area (Å²) in [7, 11) is 1.41. The number of allylic oxidation sites excluding steroid dienone is 2. The van der Waals surface area contributed by atoms with Crippen LogP contribution in [0.4, 0.5) is 16.2 Å². The molecule has 1 aliphatic heterocycles. The number of hydrogen-bond donors (Lipinski definition) is 2. The molecule has 3 aliphatic rings. The summed E-state index contributed by atoms with van der Waals surface area (Å²) < 4.78 is 5.02. The van der Waals surface area contributed by atoms with Gasteiger partial charge < -0.3 is 15.4 Å². The van der Waals surface area contributed by atoms with Gasteiger partial charge in [-0.25, -0.2) is 4.79 Å². The van der Waals surface area contributed by atoms with Gasteiger partial charge in [-0.2, -0.15) is 0 Å². The zero-order valence-corrected chi connectivity index (χ0v) is 15.7. The van der Waals surface area contributed by atoms with Crippen LogP contribution in [0.15, 0.2) is 30.4 Å². The number of nitro benzene ring substituents is 1. The van der Waals surface area contributed by atoms with Gasteiger partial charge in [-0.3, -0.25) is 24.6 Å². The number of benzene rings is 1. The SMILES string of the molecule is COc1ccc([N+](=O)[O-])c(NC(=O)NCCN2C(=O)[C@@H]3[C@H](C2=O)[C@H]2C=C[C@H]3C2)c1. The van der Waals surface area contributed by atoms with E-state index in [4.69, 9.17) is 4.74 Å². The van der Waals surface area contributed by atoms with Gasteiger partial charge >= 0.3 is 6.03 Å². The summed E-state index contributed by atoms with van der Waals surface area (Å²) >= 11 is 0. The topological polar surface area (TPSA) is 131 Å². The molecule has 10 nitrogen and oxygen atoms in total. The van der Waals surface area contributed by atoms with Crippen LogP contribution in [0.2, 0.25) is 0 Å². The molecule has 2 fully saturated rings. The molecule has 2 aliphatic carbocycles. The second-order valence-corrected chi connectivity index (χ2v) is 7.35. The van der Waals surface area contributed by atoms with Gasteiger partial charge in [-0.05, 0) is 24.3 Å². The third-order valence-electron chi connectivity index (χ3n) is 5.83. The Kier molecular flexibility index (Phi) is 4.69. The minimum Gasteiger partial charge on any atom is -0.497 e. The lowest BCUT2D eigenvalue weighted by Crippen LogP contribution is -2.40. The van der Waals surface area contributed by atoms with Crippen molar-refractivity contribution >= 4 is 29.2 Å². The molecule has 0 radical (unpaired) electrons. The van der Waals surface area contributed by atoms with Gasteiger partial charge in [0.2, 0.25) is 11.8 Å². The number of ether oxygens (including phenoxy) is 1. The molecule has 1 heterocycles. The van der Waals surface area contributed by atoms with Crippen molar-refractivity contribution in [2.24, 2.45) is 23.7 Å². The summed E-state index contributed by atoms with van der Waals surface area (Å²) in [6.07, 6.45) is 4.90. The predicted octanol–water partition coefficient (Wildman–Crippen LogP) is 1.53. The first-order valence-electron chi connectivity index (χ1n) is 9.31. The lowest BCUT2D eigenvalue weighted by atomic mass is 9.85. The summed E-state index contributed by atoms with van der Waals surface area (Å²) in [6.45, 7) is 0.112. The van der Waals surface area contributed by atoms with Crippen LogP contribution in [0, 0.1) is 33.8 Å². The Labute approximate surface area is 166 Å². The molecule has 0 aromatic heterocycles. The maximum absolute atomic E-state index is 12.6. The highest BCUT2D eigenvalue weighted by atomic mass is 16.6. The summed E-state index contributed by atoms with van der Waals surface area (Å²) in [5, 5.41) is 16.1. The molecular weight excluding hydrogens is 380 g/mol. The van der Waals surface area contributed by atoms with E-state index in [-0.39, 0.29) is 60.0 Å². The van der Waals surface area contributed by atoms with E-state index in [0.29, 0.717) is 5.75 Å². The van der Waals surface area contributed by atoms with E-state index in [1.165, 1.54) is 30.2 Å². The number of nitrogens with zero attached hydrogens (tertiary/aromatic N) is 2. The van der Waals surface area contributed by atoms with Crippen molar-refractivity contribution in [3.05, 3.63) is 40.5 Å². The van der Waals surface area contributed by atoms with Crippen LogP contribution in [-0.2, 0) is 9.59 Å². The third-order valence-corrected chi connectivity index (χ3v) is 5.83. The Bertz CT molecular complexity index is 899. The molecule has 1 saturated heterocycles. The number of carbonyl (C=O) groups excluding carboxylic acids is 3. The van der Waals surface area contributed by atoms with Crippen molar-refractivity contribution in [2.45, 2.75) is 6.42 Å². The fraction of sp³-hybridized carbons (Fsp3) is 0.421. The van der Waals surface area contributed by atoms with Crippen molar-refractivity contribution in [1.29, 1.82) is 0 Å². The second-order valence-electron chi connectivity index (χ2n) is 7.35. The minimum absolute atomic E-state index is 0.0163. The van der Waals surface area contributed by atoms with Crippen molar-refractivity contribution in [3.8, 4) is 5.75 Å². The molecule has 10 heteroatoms. The first-order chi connectivity index (χ1) is 13.9. The molecule has 0 spiro atoms. The van der Waals surface area contributed by atoms with Crippen LogP contribution >= 0.6 is 0 Å². The monoisotopic (exact) mass is 400 g/mol. The first kappa shape index (κ1) is 18.9. The lowest BCUT2D eigenvalue weighted by molar-refractivity contribution is -0.383. The van der Waals surface area contributed by atoms with Crippen molar-refractivity contribution in [3.63, 3.8) is 0 Å². The minimum atomic E-state index is -0.678. The molecular formula is C19H20N4O6. The Morgan fingerprint density at radius 1 is 1.24 bits per heavy atom. The van der Waals surface area contributed by atoms with Crippen LogP contribution < -0.4 is 15.4 Å². The predicted molar refractivity (Wildman–Crippen MR) is 101 cm³/mol. The quantitative estimate of drug-likeness (QED) is 0.322. The van der Waals surface area contributed by atoms with E-state index in [0.717, 1.165) is 6.42 Å². The number of carbonyl (C=O) groups is 3. The maximum atomic E-state index is 12.6. The Hall–Kier alpha value is -3.43. The van der Waals surface area contributed by atoms with Crippen LogP contribution in [0.25, 0.3) is 0 Å². The largest absolute Gasteiger partial charge is 0.497 e. The summed E-state index contributed by atoms with van der Waals surface area (Å²) in [4.78, 5) is 49.1. The number of anilines is 1. The fourth-order valence-electron chi connectivity index (χ4n) is 4.53. The third kappa shape index (κ3) is 3.20. The molecule has 2 bridgehead atoms. The Morgan fingerprint density at radius 2 is 1.90 bits per heavy atom. The Balaban J connectivity index is 1.34. The molecule has 2 N–H and O–H groups in total. The van der Waals surface area contributed by atoms with Gasteiger partial charge in [0.05, 0.1) is 23.9 Å². The van der Waals surface area contributed by atoms with Gasteiger partial charge in [0.25, 0.3) is 5.69 Å². The highest BCUT2D eigenvalue weighted by Gasteiger charge is 2.58. The molecule has 4 atom stereocenters. The highest BCUT2D eigenvalue weighted by Crippen LogP contribution is 2.52. The molecule has 4 amide bonds. The first-order valence-corrected chi connectivity index (χ1v) is 9.31. The zero-order valence-electron chi connectivity index (χ0n) is 15.7. The standard InChI is InChI=1S/C19H20N4O6/c1-29-12-4-5-14(23(27)28)13(9-12)21-19(26)20-6-7-22-17(24)15-10-2-3-11(8-10)16(15)18(22)25/h2-5,9-11,15-16H,6-8H2,1H3,(H2,20,21,26)/t10-,11-,15-,16+/m0/s1. The normalized spacial score (nSPS) is 26.6. The number of urea groups is 1. The number of fused-ring (bicyclic) bond motifs is 5. The Morgan fingerprint density at radius 3 is 2.48 bits per heavy atom. The van der Waals surface area contributed by atoms with Crippen LogP contribution in [0.3, 0.4) is 0 Å². The molecule has 1 aromatic carbocycles. The second kappa shape index (κ2) is 7.19. The average Bonchev–Trinajstić information content (AvgIpc) is 3.37. The fourth-order valence-corrected chi connectivity index (χ4v) is 4.53. The number of rotatable bonds is 6. The number of methoxy groups -OCH3 is 1. The molecule has 1 aromatic rings. The van der Waals surface area contributed by atoms with Gasteiger partial charge in [0.15, 0.2) is 0 Å². The summed E-state index contributed by atoms with van der Waals surface area (Å²) in [5.74, 6) is -0.275. The number of imide groups is 1. The van der Waals surface area contributed by atoms with E-state index in [2.05, 4.69) is 10.6 Å².